The van der Waals surface area contributed by atoms with Gasteiger partial charge in [-0.15, -0.1) is 16.4 Å². The summed E-state index contributed by atoms with van der Waals surface area (Å²) in [5.74, 6) is -0.849. The summed E-state index contributed by atoms with van der Waals surface area (Å²) in [6, 6.07) is 10.7. The Bertz CT molecular complexity index is 1320. The minimum atomic E-state index is -0.885. The van der Waals surface area contributed by atoms with E-state index in [1.807, 2.05) is 18.2 Å². The van der Waals surface area contributed by atoms with Gasteiger partial charge in [0.25, 0.3) is 0 Å². The number of halogens is 1. The van der Waals surface area contributed by atoms with E-state index in [1.54, 1.807) is 31.3 Å². The molecule has 0 radical (unpaired) electrons. The van der Waals surface area contributed by atoms with Gasteiger partial charge in [-0.3, -0.25) is 14.7 Å². The summed E-state index contributed by atoms with van der Waals surface area (Å²) in [6.07, 6.45) is 3.08. The molecule has 2 amide bonds. The number of hydrogen-bond acceptors (Lipinski definition) is 7. The lowest BCUT2D eigenvalue weighted by Crippen LogP contribution is -2.29. The van der Waals surface area contributed by atoms with Crippen LogP contribution < -0.4 is 10.6 Å². The largest absolute Gasteiger partial charge is 0.315 e. The first-order valence-corrected chi connectivity index (χ1v) is 10.4. The van der Waals surface area contributed by atoms with Gasteiger partial charge in [0.2, 0.25) is 0 Å². The molecule has 0 aliphatic heterocycles. The predicted molar refractivity (Wildman–Crippen MR) is 118 cm³/mol. The first-order valence-electron chi connectivity index (χ1n) is 8.79. The van der Waals surface area contributed by atoms with E-state index in [-0.39, 0.29) is 11.6 Å². The number of nitriles is 1. The van der Waals surface area contributed by atoms with Gasteiger partial charge in [0.05, 0.1) is 19.9 Å². The summed E-state index contributed by atoms with van der Waals surface area (Å²) >= 11 is 4.90. The normalized spacial score (nSPS) is 10.5. The summed E-state index contributed by atoms with van der Waals surface area (Å²) in [6.45, 7) is 1.74. The molecular formula is C19H13BrN8O2S. The van der Waals surface area contributed by atoms with Crippen molar-refractivity contribution in [2.24, 2.45) is 0 Å². The number of aryl methyl sites for hydroxylation is 1. The van der Waals surface area contributed by atoms with Gasteiger partial charge >= 0.3 is 11.8 Å². The van der Waals surface area contributed by atoms with Crippen molar-refractivity contribution >= 4 is 50.7 Å². The average molecular weight is 497 g/mol. The molecule has 0 spiro atoms. The Morgan fingerprint density at radius 2 is 2.03 bits per heavy atom. The van der Waals surface area contributed by atoms with Crippen LogP contribution in [0.1, 0.15) is 11.1 Å². The summed E-state index contributed by atoms with van der Waals surface area (Å²) in [7, 11) is 0. The Morgan fingerprint density at radius 1 is 1.23 bits per heavy atom. The molecule has 12 heteroatoms. The molecule has 154 valence electrons. The van der Waals surface area contributed by atoms with Crippen molar-refractivity contribution in [3.8, 4) is 22.5 Å². The molecule has 4 aromatic rings. The average Bonchev–Trinajstić information content (AvgIpc) is 3.49. The predicted octanol–water partition coefficient (Wildman–Crippen LogP) is 3.24. The van der Waals surface area contributed by atoms with Crippen molar-refractivity contribution in [3.63, 3.8) is 0 Å². The van der Waals surface area contributed by atoms with Gasteiger partial charge in [0.1, 0.15) is 6.07 Å². The zero-order chi connectivity index (χ0) is 22.0. The molecule has 3 N–H and O–H groups in total. The van der Waals surface area contributed by atoms with E-state index in [2.05, 4.69) is 46.8 Å². The van der Waals surface area contributed by atoms with E-state index in [9.17, 15) is 9.59 Å². The van der Waals surface area contributed by atoms with Gasteiger partial charge in [0, 0.05) is 24.0 Å². The van der Waals surface area contributed by atoms with Crippen LogP contribution in [0.3, 0.4) is 0 Å². The van der Waals surface area contributed by atoms with Crippen molar-refractivity contribution in [1.29, 1.82) is 5.26 Å². The van der Waals surface area contributed by atoms with Gasteiger partial charge in [-0.05, 0) is 47.1 Å². The van der Waals surface area contributed by atoms with E-state index in [1.165, 1.54) is 22.2 Å². The molecule has 4 rings (SSSR count). The third-order valence-corrected chi connectivity index (χ3v) is 5.76. The molecule has 0 fully saturated rings. The van der Waals surface area contributed by atoms with Gasteiger partial charge < -0.3 is 10.6 Å². The molecule has 0 saturated carbocycles. The van der Waals surface area contributed by atoms with Gasteiger partial charge in [-0.2, -0.15) is 10.4 Å². The minimum Gasteiger partial charge on any atom is -0.301 e. The lowest BCUT2D eigenvalue weighted by atomic mass is 10.3. The fraction of sp³-hybridized carbons (Fsp3) is 0.0526. The number of carbonyl (C=O) groups is 2. The lowest BCUT2D eigenvalue weighted by Gasteiger charge is -2.03. The highest BCUT2D eigenvalue weighted by Gasteiger charge is 2.19. The fourth-order valence-corrected chi connectivity index (χ4v) is 3.95. The summed E-state index contributed by atoms with van der Waals surface area (Å²) < 4.78 is 2.41. The number of aromatic amines is 1. The Kier molecular flexibility index (Phi) is 5.61. The van der Waals surface area contributed by atoms with Crippen LogP contribution in [-0.4, -0.2) is 36.8 Å². The first-order chi connectivity index (χ1) is 14.9. The standard InChI is InChI=1S/C19H13BrN8O2S/c1-10-9-28(16-5-2-11(7-21)8-22-16)27-17(10)24-19(30)18(29)23-15-6-12(25-26-15)13-3-4-14(20)31-13/h2-6,8-9H,1H3,(H,24,27,30)(H2,23,25,26,29). The number of amides is 2. The third-order valence-electron chi connectivity index (χ3n) is 4.11. The second kappa shape index (κ2) is 8.50. The summed E-state index contributed by atoms with van der Waals surface area (Å²) in [5, 5.41) is 24.9. The highest BCUT2D eigenvalue weighted by molar-refractivity contribution is 9.11. The number of aromatic nitrogens is 5. The molecule has 0 aliphatic rings. The number of hydrogen-bond donors (Lipinski definition) is 3. The molecular weight excluding hydrogens is 484 g/mol. The van der Waals surface area contributed by atoms with Crippen molar-refractivity contribution in [3.05, 3.63) is 57.6 Å². The fourth-order valence-electron chi connectivity index (χ4n) is 2.60. The summed E-state index contributed by atoms with van der Waals surface area (Å²) in [4.78, 5) is 29.7. The second-order valence-corrected chi connectivity index (χ2v) is 8.76. The number of thiophene rings is 1. The molecule has 4 aromatic heterocycles. The lowest BCUT2D eigenvalue weighted by molar-refractivity contribution is -0.133. The Labute approximate surface area is 188 Å². The maximum absolute atomic E-state index is 12.3. The van der Waals surface area contributed by atoms with Crippen LogP contribution >= 0.6 is 27.3 Å². The number of carbonyl (C=O) groups excluding carboxylic acids is 2. The smallest absolute Gasteiger partial charge is 0.301 e. The van der Waals surface area contributed by atoms with Gasteiger partial charge in [-0.1, -0.05) is 0 Å². The second-order valence-electron chi connectivity index (χ2n) is 6.30. The third kappa shape index (κ3) is 4.52. The minimum absolute atomic E-state index is 0.220. The van der Waals surface area contributed by atoms with Crippen LogP contribution in [0.4, 0.5) is 11.6 Å². The molecule has 0 unspecified atom stereocenters. The molecule has 0 aromatic carbocycles. The first kappa shape index (κ1) is 20.5. The van der Waals surface area contributed by atoms with Crippen LogP contribution in [-0.2, 0) is 9.59 Å². The van der Waals surface area contributed by atoms with Crippen molar-refractivity contribution in [2.45, 2.75) is 6.92 Å². The number of pyridine rings is 1. The molecule has 31 heavy (non-hydrogen) atoms. The van der Waals surface area contributed by atoms with E-state index >= 15 is 0 Å². The number of rotatable bonds is 4. The van der Waals surface area contributed by atoms with Crippen LogP contribution in [0, 0.1) is 18.3 Å². The van der Waals surface area contributed by atoms with Gasteiger partial charge in [0.15, 0.2) is 17.5 Å². The number of nitrogens with zero attached hydrogens (tertiary/aromatic N) is 5. The molecule has 0 saturated heterocycles. The highest BCUT2D eigenvalue weighted by Crippen LogP contribution is 2.30. The van der Waals surface area contributed by atoms with E-state index in [0.717, 1.165) is 14.4 Å². The zero-order valence-electron chi connectivity index (χ0n) is 15.9. The highest BCUT2D eigenvalue weighted by atomic mass is 79.9. The molecule has 4 heterocycles. The number of H-pyrrole nitrogens is 1. The van der Waals surface area contributed by atoms with Gasteiger partial charge in [-0.25, -0.2) is 9.67 Å². The van der Waals surface area contributed by atoms with Crippen LogP contribution in [0.5, 0.6) is 0 Å². The Hall–Kier alpha value is -3.82. The monoisotopic (exact) mass is 496 g/mol. The van der Waals surface area contributed by atoms with Crippen LogP contribution in [0.15, 0.2) is 46.5 Å². The SMILES string of the molecule is Cc1cn(-c2ccc(C#N)cn2)nc1NC(=O)C(=O)Nc1cc(-c2ccc(Br)s2)[nH]n1. The quantitative estimate of drug-likeness (QED) is 0.370. The Balaban J connectivity index is 1.42. The zero-order valence-corrected chi connectivity index (χ0v) is 18.3. The van der Waals surface area contributed by atoms with Crippen molar-refractivity contribution in [1.82, 2.24) is 25.0 Å². The molecule has 0 atom stereocenters. The maximum atomic E-state index is 12.3. The van der Waals surface area contributed by atoms with Crippen molar-refractivity contribution < 1.29 is 9.59 Å². The molecule has 0 aliphatic carbocycles. The maximum Gasteiger partial charge on any atom is 0.315 e. The molecule has 10 nitrogen and oxygen atoms in total. The van der Waals surface area contributed by atoms with E-state index in [4.69, 9.17) is 5.26 Å². The van der Waals surface area contributed by atoms with E-state index in [0.29, 0.717) is 16.9 Å². The van der Waals surface area contributed by atoms with Crippen LogP contribution in [0.25, 0.3) is 16.4 Å². The topological polar surface area (TPSA) is 141 Å². The molecule has 0 bridgehead atoms. The van der Waals surface area contributed by atoms with Crippen molar-refractivity contribution in [2.75, 3.05) is 10.6 Å². The van der Waals surface area contributed by atoms with Crippen LogP contribution in [0.2, 0.25) is 0 Å². The van der Waals surface area contributed by atoms with E-state index < -0.39 is 11.8 Å². The number of anilines is 2. The Morgan fingerprint density at radius 3 is 2.71 bits per heavy atom. The summed E-state index contributed by atoms with van der Waals surface area (Å²) in [5.41, 5.74) is 1.78. The number of nitrogens with one attached hydrogen (secondary N) is 3.